The van der Waals surface area contributed by atoms with Gasteiger partial charge < -0.3 is 10.5 Å². The van der Waals surface area contributed by atoms with E-state index < -0.39 is 20.9 Å². The predicted octanol–water partition coefficient (Wildman–Crippen LogP) is 2.05. The SMILES string of the molecule is CC(C)S(=O)(=O)CCOc1ccc([C@@H](C)N)cc1F. The lowest BCUT2D eigenvalue weighted by atomic mass is 10.1. The number of halogens is 1. The van der Waals surface area contributed by atoms with Crippen LogP contribution in [0, 0.1) is 5.82 Å². The van der Waals surface area contributed by atoms with Crippen molar-refractivity contribution in [1.82, 2.24) is 0 Å². The quantitative estimate of drug-likeness (QED) is 0.870. The molecule has 1 rings (SSSR count). The van der Waals surface area contributed by atoms with Crippen molar-refractivity contribution in [2.24, 2.45) is 5.73 Å². The van der Waals surface area contributed by atoms with Crippen LogP contribution in [0.4, 0.5) is 4.39 Å². The standard InChI is InChI=1S/C13H20FNO3S/c1-9(2)19(16,17)7-6-18-13-5-4-11(10(3)15)8-12(13)14/h4-5,8-10H,6-7,15H2,1-3H3/t10-/m1/s1. The van der Waals surface area contributed by atoms with Gasteiger partial charge in [0.2, 0.25) is 0 Å². The van der Waals surface area contributed by atoms with E-state index in [0.717, 1.165) is 0 Å². The third-order valence-corrected chi connectivity index (χ3v) is 5.00. The predicted molar refractivity (Wildman–Crippen MR) is 73.4 cm³/mol. The lowest BCUT2D eigenvalue weighted by Crippen LogP contribution is -2.22. The van der Waals surface area contributed by atoms with Crippen molar-refractivity contribution in [2.75, 3.05) is 12.4 Å². The van der Waals surface area contributed by atoms with Gasteiger partial charge in [-0.05, 0) is 38.5 Å². The molecule has 0 spiro atoms. The normalized spacial score (nSPS) is 13.6. The summed E-state index contributed by atoms with van der Waals surface area (Å²) in [5.74, 6) is -0.612. The first-order valence-electron chi connectivity index (χ1n) is 6.13. The first kappa shape index (κ1) is 15.9. The monoisotopic (exact) mass is 289 g/mol. The zero-order valence-corrected chi connectivity index (χ0v) is 12.2. The maximum Gasteiger partial charge on any atom is 0.165 e. The number of rotatable bonds is 6. The molecule has 108 valence electrons. The van der Waals surface area contributed by atoms with Crippen molar-refractivity contribution in [3.63, 3.8) is 0 Å². The minimum absolute atomic E-state index is 0.0448. The topological polar surface area (TPSA) is 69.4 Å². The molecule has 0 aliphatic carbocycles. The molecule has 1 aromatic rings. The van der Waals surface area contributed by atoms with Gasteiger partial charge in [0.05, 0.1) is 11.0 Å². The Morgan fingerprint density at radius 3 is 2.42 bits per heavy atom. The second kappa shape index (κ2) is 6.34. The molecule has 2 N–H and O–H groups in total. The van der Waals surface area contributed by atoms with Crippen LogP contribution < -0.4 is 10.5 Å². The van der Waals surface area contributed by atoms with Crippen LogP contribution in [0.15, 0.2) is 18.2 Å². The van der Waals surface area contributed by atoms with E-state index in [1.54, 1.807) is 26.8 Å². The zero-order valence-electron chi connectivity index (χ0n) is 11.4. The summed E-state index contributed by atoms with van der Waals surface area (Å²) in [6.45, 7) is 4.90. The summed E-state index contributed by atoms with van der Waals surface area (Å²) in [5, 5.41) is -0.457. The van der Waals surface area contributed by atoms with Gasteiger partial charge >= 0.3 is 0 Å². The first-order chi connectivity index (χ1) is 8.74. The van der Waals surface area contributed by atoms with E-state index in [1.807, 2.05) is 0 Å². The molecule has 0 unspecified atom stereocenters. The van der Waals surface area contributed by atoms with E-state index in [9.17, 15) is 12.8 Å². The molecule has 0 aromatic heterocycles. The van der Waals surface area contributed by atoms with Gasteiger partial charge in [-0.25, -0.2) is 12.8 Å². The van der Waals surface area contributed by atoms with E-state index in [4.69, 9.17) is 10.5 Å². The van der Waals surface area contributed by atoms with Gasteiger partial charge in [-0.15, -0.1) is 0 Å². The summed E-state index contributed by atoms with van der Waals surface area (Å²) in [4.78, 5) is 0. The second-order valence-electron chi connectivity index (χ2n) is 4.74. The summed E-state index contributed by atoms with van der Waals surface area (Å²) >= 11 is 0. The van der Waals surface area contributed by atoms with Crippen LogP contribution >= 0.6 is 0 Å². The average molecular weight is 289 g/mol. The van der Waals surface area contributed by atoms with Crippen molar-refractivity contribution in [1.29, 1.82) is 0 Å². The number of nitrogens with two attached hydrogens (primary N) is 1. The smallest absolute Gasteiger partial charge is 0.165 e. The molecule has 0 amide bonds. The molecule has 0 fully saturated rings. The highest BCUT2D eigenvalue weighted by Crippen LogP contribution is 2.21. The summed E-state index contributed by atoms with van der Waals surface area (Å²) in [5.41, 5.74) is 6.30. The van der Waals surface area contributed by atoms with Gasteiger partial charge in [0, 0.05) is 6.04 Å². The Morgan fingerprint density at radius 2 is 1.95 bits per heavy atom. The zero-order chi connectivity index (χ0) is 14.6. The Bertz CT molecular complexity index is 527. The lowest BCUT2D eigenvalue weighted by molar-refractivity contribution is 0.321. The average Bonchev–Trinajstić information content (AvgIpc) is 2.30. The molecule has 1 atom stereocenters. The minimum atomic E-state index is -3.17. The lowest BCUT2D eigenvalue weighted by Gasteiger charge is -2.11. The van der Waals surface area contributed by atoms with Gasteiger partial charge in [0.25, 0.3) is 0 Å². The van der Waals surface area contributed by atoms with E-state index in [2.05, 4.69) is 0 Å². The summed E-state index contributed by atoms with van der Waals surface area (Å²) in [6, 6.07) is 4.18. The van der Waals surface area contributed by atoms with Gasteiger partial charge in [0.15, 0.2) is 21.4 Å². The summed E-state index contributed by atoms with van der Waals surface area (Å²) in [6.07, 6.45) is 0. The molecule has 19 heavy (non-hydrogen) atoms. The van der Waals surface area contributed by atoms with E-state index in [1.165, 1.54) is 12.1 Å². The maximum atomic E-state index is 13.7. The third kappa shape index (κ3) is 4.47. The third-order valence-electron chi connectivity index (χ3n) is 2.83. The van der Waals surface area contributed by atoms with Crippen LogP contribution in [-0.2, 0) is 9.84 Å². The fraction of sp³-hybridized carbons (Fsp3) is 0.538. The number of hydrogen-bond donors (Lipinski definition) is 1. The number of benzene rings is 1. The maximum absolute atomic E-state index is 13.7. The van der Waals surface area contributed by atoms with Crippen LogP contribution in [0.25, 0.3) is 0 Å². The van der Waals surface area contributed by atoms with E-state index in [0.29, 0.717) is 5.56 Å². The number of ether oxygens (including phenoxy) is 1. The highest BCUT2D eigenvalue weighted by molar-refractivity contribution is 7.91. The Balaban J connectivity index is 2.65. The van der Waals surface area contributed by atoms with Crippen LogP contribution in [0.2, 0.25) is 0 Å². The first-order valence-corrected chi connectivity index (χ1v) is 7.85. The van der Waals surface area contributed by atoms with E-state index in [-0.39, 0.29) is 24.2 Å². The van der Waals surface area contributed by atoms with Crippen molar-refractivity contribution in [3.05, 3.63) is 29.6 Å². The van der Waals surface area contributed by atoms with Crippen LogP contribution in [0.5, 0.6) is 5.75 Å². The Labute approximate surface area is 113 Å². The van der Waals surface area contributed by atoms with Gasteiger partial charge in [-0.1, -0.05) is 6.07 Å². The van der Waals surface area contributed by atoms with Gasteiger partial charge in [0.1, 0.15) is 6.61 Å². The minimum Gasteiger partial charge on any atom is -0.489 e. The highest BCUT2D eigenvalue weighted by atomic mass is 32.2. The molecule has 0 saturated carbocycles. The van der Waals surface area contributed by atoms with Gasteiger partial charge in [-0.3, -0.25) is 0 Å². The fourth-order valence-corrected chi connectivity index (χ4v) is 2.21. The van der Waals surface area contributed by atoms with Crippen molar-refractivity contribution < 1.29 is 17.5 Å². The molecule has 6 heteroatoms. The molecule has 0 heterocycles. The molecule has 0 bridgehead atoms. The summed E-state index contributed by atoms with van der Waals surface area (Å²) in [7, 11) is -3.17. The Morgan fingerprint density at radius 1 is 1.32 bits per heavy atom. The van der Waals surface area contributed by atoms with Crippen molar-refractivity contribution in [3.8, 4) is 5.75 Å². The van der Waals surface area contributed by atoms with Crippen molar-refractivity contribution in [2.45, 2.75) is 32.1 Å². The molecular weight excluding hydrogens is 269 g/mol. The van der Waals surface area contributed by atoms with Crippen LogP contribution in [0.1, 0.15) is 32.4 Å². The molecule has 0 radical (unpaired) electrons. The molecular formula is C13H20FNO3S. The fourth-order valence-electron chi connectivity index (χ4n) is 1.42. The van der Waals surface area contributed by atoms with Crippen LogP contribution in [0.3, 0.4) is 0 Å². The highest BCUT2D eigenvalue weighted by Gasteiger charge is 2.16. The Kier molecular flexibility index (Phi) is 5.31. The molecule has 1 aromatic carbocycles. The number of hydrogen-bond acceptors (Lipinski definition) is 4. The number of sulfone groups is 1. The molecule has 4 nitrogen and oxygen atoms in total. The second-order valence-corrected chi connectivity index (χ2v) is 7.42. The molecule has 0 saturated heterocycles. The van der Waals surface area contributed by atoms with Crippen molar-refractivity contribution >= 4 is 9.84 Å². The summed E-state index contributed by atoms with van der Waals surface area (Å²) < 4.78 is 41.9. The van der Waals surface area contributed by atoms with Crippen LogP contribution in [-0.4, -0.2) is 26.0 Å². The van der Waals surface area contributed by atoms with E-state index >= 15 is 0 Å². The largest absolute Gasteiger partial charge is 0.489 e. The van der Waals surface area contributed by atoms with Gasteiger partial charge in [-0.2, -0.15) is 0 Å². The molecule has 0 aliphatic rings. The molecule has 0 aliphatic heterocycles. The Hall–Kier alpha value is -1.14.